The van der Waals surface area contributed by atoms with Crippen molar-refractivity contribution in [2.45, 2.75) is 44.2 Å². The molecule has 1 unspecified atom stereocenters. The lowest BCUT2D eigenvalue weighted by Gasteiger charge is -2.20. The van der Waals surface area contributed by atoms with Gasteiger partial charge >= 0.3 is 5.97 Å². The fourth-order valence-corrected chi connectivity index (χ4v) is 3.03. The Bertz CT molecular complexity index is 253. The van der Waals surface area contributed by atoms with Crippen LogP contribution in [0.25, 0.3) is 0 Å². The Balaban J connectivity index is 2.01. The summed E-state index contributed by atoms with van der Waals surface area (Å²) < 4.78 is 16.5. The number of hydrogen-bond donors (Lipinski definition) is 0. The summed E-state index contributed by atoms with van der Waals surface area (Å²) in [5.41, 5.74) is -0.209. The van der Waals surface area contributed by atoms with Gasteiger partial charge in [0, 0.05) is 12.7 Å². The fraction of sp³-hybridized carbons (Fsp3) is 0.889. The van der Waals surface area contributed by atoms with E-state index in [0.717, 1.165) is 5.75 Å². The van der Waals surface area contributed by atoms with Crippen LogP contribution in [-0.2, 0) is 19.0 Å². The molecule has 0 aromatic carbocycles. The van der Waals surface area contributed by atoms with Crippen LogP contribution in [0, 0.1) is 0 Å². The van der Waals surface area contributed by atoms with Crippen LogP contribution in [0.4, 0.5) is 0 Å². The standard InChI is InChI=1S/C9H14O4S/c1-5(10)11-8-7-6(4-14-8)12-9(2,3)13-7/h6-8H,4H2,1-3H3/t6-,7-,8?/m0/s1. The Morgan fingerprint density at radius 1 is 1.50 bits per heavy atom. The minimum Gasteiger partial charge on any atom is -0.449 e. The lowest BCUT2D eigenvalue weighted by Crippen LogP contribution is -2.30. The van der Waals surface area contributed by atoms with Crippen molar-refractivity contribution in [2.75, 3.05) is 5.75 Å². The third-order valence-corrected chi connectivity index (χ3v) is 3.41. The number of hydrogen-bond acceptors (Lipinski definition) is 5. The summed E-state index contributed by atoms with van der Waals surface area (Å²) in [5.74, 6) is 0.0114. The van der Waals surface area contributed by atoms with E-state index in [4.69, 9.17) is 14.2 Å². The molecule has 5 heteroatoms. The zero-order valence-electron chi connectivity index (χ0n) is 8.48. The van der Waals surface area contributed by atoms with E-state index in [1.807, 2.05) is 13.8 Å². The highest BCUT2D eigenvalue weighted by molar-refractivity contribution is 8.00. The number of carbonyl (C=O) groups excluding carboxylic acids is 1. The summed E-state index contributed by atoms with van der Waals surface area (Å²) in [6, 6.07) is 0. The number of thioether (sulfide) groups is 1. The van der Waals surface area contributed by atoms with Gasteiger partial charge in [-0.25, -0.2) is 0 Å². The predicted molar refractivity (Wildman–Crippen MR) is 51.8 cm³/mol. The van der Waals surface area contributed by atoms with Crippen molar-refractivity contribution >= 4 is 17.7 Å². The maximum Gasteiger partial charge on any atom is 0.303 e. The van der Waals surface area contributed by atoms with Gasteiger partial charge in [-0.2, -0.15) is 0 Å². The number of esters is 1. The van der Waals surface area contributed by atoms with E-state index in [0.29, 0.717) is 0 Å². The van der Waals surface area contributed by atoms with Crippen molar-refractivity contribution in [3.05, 3.63) is 0 Å². The van der Waals surface area contributed by atoms with Gasteiger partial charge in [-0.3, -0.25) is 4.79 Å². The van der Waals surface area contributed by atoms with Crippen LogP contribution >= 0.6 is 11.8 Å². The maximum absolute atomic E-state index is 10.8. The van der Waals surface area contributed by atoms with E-state index < -0.39 is 5.79 Å². The van der Waals surface area contributed by atoms with Crippen molar-refractivity contribution in [3.63, 3.8) is 0 Å². The molecule has 14 heavy (non-hydrogen) atoms. The van der Waals surface area contributed by atoms with Crippen LogP contribution in [0.3, 0.4) is 0 Å². The molecule has 0 aliphatic carbocycles. The summed E-state index contributed by atoms with van der Waals surface area (Å²) in [5, 5.41) is 0. The molecule has 2 fully saturated rings. The van der Waals surface area contributed by atoms with Gasteiger partial charge in [-0.05, 0) is 13.8 Å². The molecule has 2 rings (SSSR count). The Kier molecular flexibility index (Phi) is 2.49. The molecule has 0 spiro atoms. The smallest absolute Gasteiger partial charge is 0.303 e. The topological polar surface area (TPSA) is 44.8 Å². The maximum atomic E-state index is 10.8. The van der Waals surface area contributed by atoms with Crippen LogP contribution < -0.4 is 0 Å². The molecule has 2 aliphatic heterocycles. The van der Waals surface area contributed by atoms with Crippen LogP contribution in [0.5, 0.6) is 0 Å². The van der Waals surface area contributed by atoms with Gasteiger partial charge < -0.3 is 14.2 Å². The fourth-order valence-electron chi connectivity index (χ4n) is 1.77. The third-order valence-electron chi connectivity index (χ3n) is 2.20. The molecule has 0 radical (unpaired) electrons. The molecule has 80 valence electrons. The highest BCUT2D eigenvalue weighted by Gasteiger charge is 2.51. The van der Waals surface area contributed by atoms with E-state index in [1.165, 1.54) is 6.92 Å². The highest BCUT2D eigenvalue weighted by atomic mass is 32.2. The Labute approximate surface area is 87.3 Å². The van der Waals surface area contributed by atoms with Gasteiger partial charge in [0.15, 0.2) is 11.2 Å². The second-order valence-electron chi connectivity index (χ2n) is 3.95. The summed E-state index contributed by atoms with van der Waals surface area (Å²) in [6.07, 6.45) is -0.0572. The van der Waals surface area contributed by atoms with Crippen molar-refractivity contribution < 1.29 is 19.0 Å². The highest BCUT2D eigenvalue weighted by Crippen LogP contribution is 2.41. The van der Waals surface area contributed by atoms with Gasteiger partial charge in [0.05, 0.1) is 0 Å². The van der Waals surface area contributed by atoms with Crippen molar-refractivity contribution in [1.29, 1.82) is 0 Å². The largest absolute Gasteiger partial charge is 0.449 e. The predicted octanol–water partition coefficient (Wildman–Crippen LogP) is 1.14. The first kappa shape index (κ1) is 10.3. The Hall–Kier alpha value is -0.260. The van der Waals surface area contributed by atoms with E-state index in [-0.39, 0.29) is 23.6 Å². The van der Waals surface area contributed by atoms with Crippen molar-refractivity contribution in [1.82, 2.24) is 0 Å². The van der Waals surface area contributed by atoms with E-state index in [2.05, 4.69) is 0 Å². The molecule has 0 N–H and O–H groups in total. The second kappa shape index (κ2) is 3.40. The van der Waals surface area contributed by atoms with Gasteiger partial charge in [0.25, 0.3) is 0 Å². The summed E-state index contributed by atoms with van der Waals surface area (Å²) in [7, 11) is 0. The van der Waals surface area contributed by atoms with Gasteiger partial charge in [0.1, 0.15) is 12.2 Å². The number of fused-ring (bicyclic) bond motifs is 1. The quantitative estimate of drug-likeness (QED) is 0.618. The molecular formula is C9H14O4S. The molecule has 2 heterocycles. The van der Waals surface area contributed by atoms with Crippen LogP contribution in [0.1, 0.15) is 20.8 Å². The normalized spacial score (nSPS) is 39.5. The molecule has 3 atom stereocenters. The summed E-state index contributed by atoms with van der Waals surface area (Å²) in [6.45, 7) is 5.16. The first-order valence-electron chi connectivity index (χ1n) is 4.62. The van der Waals surface area contributed by atoms with Gasteiger partial charge in [-0.15, -0.1) is 11.8 Å². The molecule has 0 bridgehead atoms. The minimum atomic E-state index is -0.547. The van der Waals surface area contributed by atoms with Crippen molar-refractivity contribution in [2.24, 2.45) is 0 Å². The second-order valence-corrected chi connectivity index (χ2v) is 5.08. The molecule has 0 aromatic heterocycles. The van der Waals surface area contributed by atoms with E-state index in [1.54, 1.807) is 11.8 Å². The average Bonchev–Trinajstić information content (AvgIpc) is 2.47. The van der Waals surface area contributed by atoms with Crippen LogP contribution in [0.2, 0.25) is 0 Å². The monoisotopic (exact) mass is 218 g/mol. The van der Waals surface area contributed by atoms with Crippen LogP contribution in [-0.4, -0.2) is 35.2 Å². The van der Waals surface area contributed by atoms with E-state index >= 15 is 0 Å². The molecule has 2 aliphatic rings. The molecule has 0 aromatic rings. The number of ether oxygens (including phenoxy) is 3. The molecule has 4 nitrogen and oxygen atoms in total. The molecule has 2 saturated heterocycles. The Morgan fingerprint density at radius 3 is 2.86 bits per heavy atom. The molecular weight excluding hydrogens is 204 g/mol. The number of rotatable bonds is 1. The number of carbonyl (C=O) groups is 1. The minimum absolute atomic E-state index is 0.0550. The van der Waals surface area contributed by atoms with Crippen molar-refractivity contribution in [3.8, 4) is 0 Å². The average molecular weight is 218 g/mol. The zero-order chi connectivity index (χ0) is 10.3. The zero-order valence-corrected chi connectivity index (χ0v) is 9.30. The van der Waals surface area contributed by atoms with Crippen LogP contribution in [0.15, 0.2) is 0 Å². The third kappa shape index (κ3) is 1.89. The summed E-state index contributed by atoms with van der Waals surface area (Å²) >= 11 is 1.57. The SMILES string of the molecule is CC(=O)OC1SC[C@@H]2OC(C)(C)O[C@H]12. The summed E-state index contributed by atoms with van der Waals surface area (Å²) in [4.78, 5) is 10.8. The lowest BCUT2D eigenvalue weighted by atomic mass is 10.2. The van der Waals surface area contributed by atoms with Gasteiger partial charge in [0.2, 0.25) is 0 Å². The first-order chi connectivity index (χ1) is 6.48. The molecule has 0 saturated carbocycles. The van der Waals surface area contributed by atoms with E-state index in [9.17, 15) is 4.79 Å². The Morgan fingerprint density at radius 2 is 2.21 bits per heavy atom. The molecule has 0 amide bonds. The van der Waals surface area contributed by atoms with Gasteiger partial charge in [-0.1, -0.05) is 0 Å². The lowest BCUT2D eigenvalue weighted by molar-refractivity contribution is -0.162. The first-order valence-corrected chi connectivity index (χ1v) is 5.67.